The number of fused-ring (bicyclic) bond motifs is 3. The maximum Gasteiger partial charge on any atom is 0.293 e. The summed E-state index contributed by atoms with van der Waals surface area (Å²) < 4.78 is 26.2. The van der Waals surface area contributed by atoms with Crippen LogP contribution in [0.3, 0.4) is 0 Å². The first-order valence-electron chi connectivity index (χ1n) is 10.7. The molecule has 3 aliphatic rings. The van der Waals surface area contributed by atoms with Crippen molar-refractivity contribution in [3.8, 4) is 11.5 Å². The summed E-state index contributed by atoms with van der Waals surface area (Å²) in [5, 5.41) is 11.1. The summed E-state index contributed by atoms with van der Waals surface area (Å²) in [5.41, 5.74) is 1.60. The van der Waals surface area contributed by atoms with Crippen molar-refractivity contribution in [1.29, 1.82) is 0 Å². The van der Waals surface area contributed by atoms with E-state index < -0.39 is 5.82 Å². The number of likely N-dealkylation sites (tertiary alicyclic amines) is 1. The van der Waals surface area contributed by atoms with E-state index in [4.69, 9.17) is 9.47 Å². The van der Waals surface area contributed by atoms with E-state index >= 15 is 0 Å². The van der Waals surface area contributed by atoms with E-state index in [9.17, 15) is 9.18 Å². The van der Waals surface area contributed by atoms with Crippen molar-refractivity contribution in [2.24, 2.45) is 11.8 Å². The van der Waals surface area contributed by atoms with Gasteiger partial charge in [0.2, 0.25) is 12.6 Å². The summed E-state index contributed by atoms with van der Waals surface area (Å²) in [4.78, 5) is 15.2. The first-order chi connectivity index (χ1) is 15.6. The normalized spacial score (nSPS) is 21.3. The van der Waals surface area contributed by atoms with E-state index in [0.717, 1.165) is 43.4 Å². The lowest BCUT2D eigenvalue weighted by molar-refractivity contribution is 0.100. The Morgan fingerprint density at radius 2 is 1.94 bits per heavy atom. The first kappa shape index (κ1) is 19.2. The molecule has 1 N–H and O–H groups in total. The minimum absolute atomic E-state index is 0.275. The Bertz CT molecular complexity index is 1200. The maximum absolute atomic E-state index is 13.4. The molecular formula is C23H22FN5O3. The van der Waals surface area contributed by atoms with Crippen molar-refractivity contribution in [2.45, 2.75) is 19.5 Å². The molecule has 0 spiro atoms. The lowest BCUT2D eigenvalue weighted by atomic mass is 9.89. The summed E-state index contributed by atoms with van der Waals surface area (Å²) in [6.07, 6.45) is 0.794. The lowest BCUT2D eigenvalue weighted by Gasteiger charge is -2.25. The number of halogens is 1. The number of ether oxygens (including phenoxy) is 2. The Morgan fingerprint density at radius 3 is 2.84 bits per heavy atom. The van der Waals surface area contributed by atoms with E-state index in [0.29, 0.717) is 24.1 Å². The number of benzene rings is 2. The van der Waals surface area contributed by atoms with E-state index in [1.165, 1.54) is 17.7 Å². The summed E-state index contributed by atoms with van der Waals surface area (Å²) in [5.74, 6) is 2.85. The van der Waals surface area contributed by atoms with Crippen LogP contribution in [0.5, 0.6) is 11.5 Å². The second-order valence-corrected chi connectivity index (χ2v) is 8.62. The van der Waals surface area contributed by atoms with Gasteiger partial charge in [0, 0.05) is 38.3 Å². The smallest absolute Gasteiger partial charge is 0.293 e. The van der Waals surface area contributed by atoms with Crippen LogP contribution in [-0.2, 0) is 19.5 Å². The SMILES string of the molecule is O=C(Nc1cccc(F)c1)c1nnc2n1C[C@H]1CN(Cc3ccc4c(c3)OCO4)C[C@H]1C2. The summed E-state index contributed by atoms with van der Waals surface area (Å²) in [6, 6.07) is 11.9. The van der Waals surface area contributed by atoms with Gasteiger partial charge >= 0.3 is 0 Å². The number of nitrogens with one attached hydrogen (secondary N) is 1. The molecule has 1 fully saturated rings. The van der Waals surface area contributed by atoms with Gasteiger partial charge in [0.25, 0.3) is 5.91 Å². The van der Waals surface area contributed by atoms with E-state index in [1.54, 1.807) is 12.1 Å². The highest BCUT2D eigenvalue weighted by Crippen LogP contribution is 2.36. The topological polar surface area (TPSA) is 81.5 Å². The molecule has 0 bridgehead atoms. The summed E-state index contributed by atoms with van der Waals surface area (Å²) in [7, 11) is 0. The van der Waals surface area contributed by atoms with Crippen LogP contribution in [0.25, 0.3) is 0 Å². The van der Waals surface area contributed by atoms with Crippen LogP contribution in [0.15, 0.2) is 42.5 Å². The van der Waals surface area contributed by atoms with Gasteiger partial charge in [0.05, 0.1) is 0 Å². The van der Waals surface area contributed by atoms with Gasteiger partial charge in [-0.1, -0.05) is 12.1 Å². The van der Waals surface area contributed by atoms with Crippen molar-refractivity contribution < 1.29 is 18.7 Å². The number of nitrogens with zero attached hydrogens (tertiary/aromatic N) is 4. The van der Waals surface area contributed by atoms with Gasteiger partial charge in [-0.25, -0.2) is 4.39 Å². The molecule has 3 aliphatic heterocycles. The average Bonchev–Trinajstić information content (AvgIpc) is 3.49. The molecule has 8 nitrogen and oxygen atoms in total. The molecule has 0 saturated carbocycles. The highest BCUT2D eigenvalue weighted by Gasteiger charge is 2.39. The fourth-order valence-electron chi connectivity index (χ4n) is 4.97. The Kier molecular flexibility index (Phi) is 4.57. The number of amides is 1. The molecule has 2 aromatic carbocycles. The maximum atomic E-state index is 13.4. The van der Waals surface area contributed by atoms with Crippen LogP contribution in [0, 0.1) is 17.7 Å². The van der Waals surface area contributed by atoms with Gasteiger partial charge in [0.15, 0.2) is 11.5 Å². The van der Waals surface area contributed by atoms with Gasteiger partial charge in [-0.05, 0) is 47.7 Å². The van der Waals surface area contributed by atoms with E-state index in [-0.39, 0.29) is 18.5 Å². The highest BCUT2D eigenvalue weighted by atomic mass is 19.1. The molecule has 2 atom stereocenters. The predicted octanol–water partition coefficient (Wildman–Crippen LogP) is 2.70. The van der Waals surface area contributed by atoms with Crippen molar-refractivity contribution in [1.82, 2.24) is 19.7 Å². The Labute approximate surface area is 184 Å². The average molecular weight is 435 g/mol. The van der Waals surface area contributed by atoms with Gasteiger partial charge in [-0.3, -0.25) is 9.69 Å². The van der Waals surface area contributed by atoms with Crippen molar-refractivity contribution >= 4 is 11.6 Å². The summed E-state index contributed by atoms with van der Waals surface area (Å²) >= 11 is 0. The fraction of sp³-hybridized carbons (Fsp3) is 0.348. The first-order valence-corrected chi connectivity index (χ1v) is 10.7. The van der Waals surface area contributed by atoms with Gasteiger partial charge in [0.1, 0.15) is 11.6 Å². The minimum atomic E-state index is -0.401. The lowest BCUT2D eigenvalue weighted by Crippen LogP contribution is -2.31. The summed E-state index contributed by atoms with van der Waals surface area (Å²) in [6.45, 7) is 3.76. The second kappa shape index (κ2) is 7.59. The molecule has 164 valence electrons. The molecule has 1 saturated heterocycles. The third-order valence-electron chi connectivity index (χ3n) is 6.47. The van der Waals surface area contributed by atoms with Crippen molar-refractivity contribution in [2.75, 3.05) is 25.2 Å². The molecule has 9 heteroatoms. The van der Waals surface area contributed by atoms with Crippen LogP contribution < -0.4 is 14.8 Å². The highest BCUT2D eigenvalue weighted by molar-refractivity contribution is 6.01. The number of anilines is 1. The third kappa shape index (κ3) is 3.48. The molecule has 3 aromatic rings. The van der Waals surface area contributed by atoms with Crippen molar-refractivity contribution in [3.05, 3.63) is 65.5 Å². The van der Waals surface area contributed by atoms with Gasteiger partial charge < -0.3 is 19.4 Å². The zero-order valence-corrected chi connectivity index (χ0v) is 17.3. The molecule has 0 aliphatic carbocycles. The van der Waals surface area contributed by atoms with Crippen molar-refractivity contribution in [3.63, 3.8) is 0 Å². The van der Waals surface area contributed by atoms with E-state index in [1.807, 2.05) is 16.7 Å². The second-order valence-electron chi connectivity index (χ2n) is 8.62. The van der Waals surface area contributed by atoms with Gasteiger partial charge in [-0.2, -0.15) is 0 Å². The molecule has 1 amide bonds. The predicted molar refractivity (Wildman–Crippen MR) is 113 cm³/mol. The van der Waals surface area contributed by atoms with Crippen LogP contribution in [0.4, 0.5) is 10.1 Å². The molecule has 6 rings (SSSR count). The van der Waals surface area contributed by atoms with E-state index in [2.05, 4.69) is 26.5 Å². The zero-order valence-electron chi connectivity index (χ0n) is 17.3. The standard InChI is InChI=1S/C23H22FN5O3/c24-17-2-1-3-18(8-17)25-23(30)22-27-26-21-7-15-10-28(11-16(15)12-29(21)22)9-14-4-5-19-20(6-14)32-13-31-19/h1-6,8,15-16H,7,9-13H2,(H,25,30)/t15-,16-/m1/s1. The Morgan fingerprint density at radius 1 is 1.06 bits per heavy atom. The molecule has 1 aromatic heterocycles. The van der Waals surface area contributed by atoms with Crippen LogP contribution in [0.2, 0.25) is 0 Å². The van der Waals surface area contributed by atoms with Crippen LogP contribution >= 0.6 is 0 Å². The number of hydrogen-bond donors (Lipinski definition) is 1. The number of carbonyl (C=O) groups excluding carboxylic acids is 1. The monoisotopic (exact) mass is 435 g/mol. The number of aromatic nitrogens is 3. The Balaban J connectivity index is 1.14. The molecule has 0 unspecified atom stereocenters. The van der Waals surface area contributed by atoms with Crippen LogP contribution in [-0.4, -0.2) is 45.5 Å². The Hall–Kier alpha value is -3.46. The largest absolute Gasteiger partial charge is 0.454 e. The fourth-order valence-corrected chi connectivity index (χ4v) is 4.97. The molecule has 32 heavy (non-hydrogen) atoms. The number of hydrogen-bond acceptors (Lipinski definition) is 6. The quantitative estimate of drug-likeness (QED) is 0.679. The van der Waals surface area contributed by atoms with Gasteiger partial charge in [-0.15, -0.1) is 10.2 Å². The molecular weight excluding hydrogens is 413 g/mol. The molecule has 0 radical (unpaired) electrons. The minimum Gasteiger partial charge on any atom is -0.454 e. The van der Waals surface area contributed by atoms with Crippen LogP contribution in [0.1, 0.15) is 22.0 Å². The third-order valence-corrected chi connectivity index (χ3v) is 6.47. The number of carbonyl (C=O) groups is 1. The number of rotatable bonds is 4. The zero-order chi connectivity index (χ0) is 21.7. The molecule has 4 heterocycles.